The predicted octanol–water partition coefficient (Wildman–Crippen LogP) is 3.57. The highest BCUT2D eigenvalue weighted by molar-refractivity contribution is 5.89. The lowest BCUT2D eigenvalue weighted by molar-refractivity contribution is -0.153. The second-order valence-corrected chi connectivity index (χ2v) is 5.79. The van der Waals surface area contributed by atoms with Crippen LogP contribution in [0.5, 0.6) is 5.75 Å². The number of amides is 1. The lowest BCUT2D eigenvalue weighted by atomic mass is 10.0. The van der Waals surface area contributed by atoms with Gasteiger partial charge in [0.05, 0.1) is 5.56 Å². The van der Waals surface area contributed by atoms with E-state index in [-0.39, 0.29) is 36.6 Å². The van der Waals surface area contributed by atoms with Gasteiger partial charge in [-0.25, -0.2) is 4.79 Å². The van der Waals surface area contributed by atoms with Crippen LogP contribution in [0.1, 0.15) is 27.9 Å². The van der Waals surface area contributed by atoms with E-state index >= 15 is 0 Å². The van der Waals surface area contributed by atoms with Crippen molar-refractivity contribution in [2.45, 2.75) is 25.6 Å². The number of hydrogen-bond donors (Lipinski definition) is 2. The molecule has 0 saturated heterocycles. The quantitative estimate of drug-likeness (QED) is 0.733. The number of halogens is 3. The minimum Gasteiger partial charge on any atom is -0.484 e. The fraction of sp³-hybridized carbons (Fsp3) is 0.263. The molecule has 2 aromatic rings. The number of ether oxygens (including phenoxy) is 1. The van der Waals surface area contributed by atoms with Crippen LogP contribution < -0.4 is 10.1 Å². The molecule has 0 spiro atoms. The molecule has 0 heterocycles. The Morgan fingerprint density at radius 3 is 2.52 bits per heavy atom. The van der Waals surface area contributed by atoms with Crippen LogP contribution in [0.15, 0.2) is 48.5 Å². The van der Waals surface area contributed by atoms with Gasteiger partial charge in [0, 0.05) is 13.0 Å². The Morgan fingerprint density at radius 1 is 1.07 bits per heavy atom. The summed E-state index contributed by atoms with van der Waals surface area (Å²) >= 11 is 0. The van der Waals surface area contributed by atoms with Crippen molar-refractivity contribution in [2.24, 2.45) is 0 Å². The molecule has 0 atom stereocenters. The third kappa shape index (κ3) is 7.01. The Hall–Kier alpha value is -3.03. The second kappa shape index (κ2) is 9.07. The van der Waals surface area contributed by atoms with Crippen LogP contribution in [0, 0.1) is 0 Å². The Labute approximate surface area is 153 Å². The first-order valence-electron chi connectivity index (χ1n) is 8.11. The van der Waals surface area contributed by atoms with Gasteiger partial charge >= 0.3 is 12.1 Å². The minimum absolute atomic E-state index is 0.0643. The molecule has 0 bridgehead atoms. The van der Waals surface area contributed by atoms with E-state index in [9.17, 15) is 22.8 Å². The number of carboxylic acid groups (broad SMARTS) is 1. The maximum Gasteiger partial charge on any atom is 0.422 e. The summed E-state index contributed by atoms with van der Waals surface area (Å²) in [6.45, 7) is -1.26. The van der Waals surface area contributed by atoms with Gasteiger partial charge in [-0.2, -0.15) is 13.2 Å². The third-order valence-corrected chi connectivity index (χ3v) is 3.66. The number of carbonyl (C=O) groups excluding carboxylic acids is 1. The van der Waals surface area contributed by atoms with E-state index in [1.54, 1.807) is 24.3 Å². The van der Waals surface area contributed by atoms with Crippen LogP contribution in [0.3, 0.4) is 0 Å². The summed E-state index contributed by atoms with van der Waals surface area (Å²) in [5, 5.41) is 11.8. The summed E-state index contributed by atoms with van der Waals surface area (Å²) in [5.74, 6) is -1.28. The molecule has 2 rings (SSSR count). The molecule has 1 amide bonds. The van der Waals surface area contributed by atoms with Crippen LogP contribution in [0.25, 0.3) is 0 Å². The molecular weight excluding hydrogens is 363 g/mol. The average molecular weight is 381 g/mol. The lowest BCUT2D eigenvalue weighted by Crippen LogP contribution is -2.23. The molecule has 0 aromatic heterocycles. The molecule has 144 valence electrons. The fourth-order valence-corrected chi connectivity index (χ4v) is 2.39. The maximum absolute atomic E-state index is 12.2. The van der Waals surface area contributed by atoms with Crippen molar-refractivity contribution in [3.63, 3.8) is 0 Å². The topological polar surface area (TPSA) is 75.6 Å². The first kappa shape index (κ1) is 20.3. The number of aromatic carboxylic acids is 1. The highest BCUT2D eigenvalue weighted by Gasteiger charge is 2.28. The van der Waals surface area contributed by atoms with E-state index in [4.69, 9.17) is 5.11 Å². The van der Waals surface area contributed by atoms with E-state index < -0.39 is 18.8 Å². The van der Waals surface area contributed by atoms with Crippen LogP contribution in [0.4, 0.5) is 13.2 Å². The van der Waals surface area contributed by atoms with Gasteiger partial charge in [-0.1, -0.05) is 30.3 Å². The largest absolute Gasteiger partial charge is 0.484 e. The van der Waals surface area contributed by atoms with Crippen molar-refractivity contribution in [2.75, 3.05) is 6.61 Å². The van der Waals surface area contributed by atoms with Gasteiger partial charge in [0.15, 0.2) is 6.61 Å². The summed E-state index contributed by atoms with van der Waals surface area (Å²) < 4.78 is 41.2. The molecule has 0 aliphatic rings. The summed E-state index contributed by atoms with van der Waals surface area (Å²) in [6, 6.07) is 12.5. The molecule has 0 fully saturated rings. The van der Waals surface area contributed by atoms with E-state index in [2.05, 4.69) is 10.1 Å². The fourth-order valence-electron chi connectivity index (χ4n) is 2.39. The molecule has 0 saturated carbocycles. The summed E-state index contributed by atoms with van der Waals surface area (Å²) in [4.78, 5) is 23.1. The lowest BCUT2D eigenvalue weighted by Gasteiger charge is -2.11. The van der Waals surface area contributed by atoms with Gasteiger partial charge in [-0.15, -0.1) is 0 Å². The predicted molar refractivity (Wildman–Crippen MR) is 91.6 cm³/mol. The Bertz CT molecular complexity index is 806. The molecule has 27 heavy (non-hydrogen) atoms. The first-order valence-corrected chi connectivity index (χ1v) is 8.11. The highest BCUT2D eigenvalue weighted by atomic mass is 19.4. The van der Waals surface area contributed by atoms with Crippen molar-refractivity contribution in [1.82, 2.24) is 5.32 Å². The third-order valence-electron chi connectivity index (χ3n) is 3.66. The monoisotopic (exact) mass is 381 g/mol. The smallest absolute Gasteiger partial charge is 0.422 e. The number of hydrogen-bond acceptors (Lipinski definition) is 3. The SMILES string of the molecule is O=C(CCc1ccccc1C(=O)O)NCc1cccc(OCC(F)(F)F)c1. The number of alkyl halides is 3. The number of rotatable bonds is 8. The van der Waals surface area contributed by atoms with Gasteiger partial charge in [-0.3, -0.25) is 4.79 Å². The van der Waals surface area contributed by atoms with Gasteiger partial charge in [0.2, 0.25) is 5.91 Å². The van der Waals surface area contributed by atoms with Crippen LogP contribution in [-0.4, -0.2) is 29.8 Å². The van der Waals surface area contributed by atoms with E-state index in [1.807, 2.05) is 0 Å². The Balaban J connectivity index is 1.85. The van der Waals surface area contributed by atoms with Crippen LogP contribution >= 0.6 is 0 Å². The van der Waals surface area contributed by atoms with Gasteiger partial charge in [-0.05, 0) is 35.7 Å². The molecule has 0 aliphatic carbocycles. The molecule has 0 unspecified atom stereocenters. The number of benzene rings is 2. The molecule has 2 aromatic carbocycles. The standard InChI is InChI=1S/C19H18F3NO4/c20-19(21,22)12-27-15-6-3-4-13(10-15)11-23-17(24)9-8-14-5-1-2-7-16(14)18(25)26/h1-7,10H,8-9,11-12H2,(H,23,24)(H,25,26). The summed E-state index contributed by atoms with van der Waals surface area (Å²) in [6.07, 6.45) is -4.06. The van der Waals surface area contributed by atoms with Gasteiger partial charge in [0.1, 0.15) is 5.75 Å². The number of aryl methyl sites for hydroxylation is 1. The average Bonchev–Trinajstić information content (AvgIpc) is 2.63. The number of carboxylic acids is 1. The highest BCUT2D eigenvalue weighted by Crippen LogP contribution is 2.19. The first-order chi connectivity index (χ1) is 12.7. The van der Waals surface area contributed by atoms with E-state index in [0.717, 1.165) is 0 Å². The van der Waals surface area contributed by atoms with Gasteiger partial charge < -0.3 is 15.2 Å². The number of carbonyl (C=O) groups is 2. The summed E-state index contributed by atoms with van der Waals surface area (Å²) in [7, 11) is 0. The van der Waals surface area contributed by atoms with Gasteiger partial charge in [0.25, 0.3) is 0 Å². The van der Waals surface area contributed by atoms with Crippen LogP contribution in [0.2, 0.25) is 0 Å². The van der Waals surface area contributed by atoms with E-state index in [1.165, 1.54) is 24.3 Å². The zero-order chi connectivity index (χ0) is 19.9. The molecule has 0 radical (unpaired) electrons. The van der Waals surface area contributed by atoms with Crippen molar-refractivity contribution >= 4 is 11.9 Å². The summed E-state index contributed by atoms with van der Waals surface area (Å²) in [5.41, 5.74) is 1.30. The Morgan fingerprint density at radius 2 is 1.81 bits per heavy atom. The van der Waals surface area contributed by atoms with Crippen molar-refractivity contribution in [1.29, 1.82) is 0 Å². The van der Waals surface area contributed by atoms with Crippen molar-refractivity contribution < 1.29 is 32.6 Å². The zero-order valence-corrected chi connectivity index (χ0v) is 14.3. The van der Waals surface area contributed by atoms with Crippen molar-refractivity contribution in [3.8, 4) is 5.75 Å². The molecule has 5 nitrogen and oxygen atoms in total. The Kier molecular flexibility index (Phi) is 6.81. The van der Waals surface area contributed by atoms with Crippen molar-refractivity contribution in [3.05, 3.63) is 65.2 Å². The maximum atomic E-state index is 12.2. The van der Waals surface area contributed by atoms with Crippen LogP contribution in [-0.2, 0) is 17.8 Å². The molecular formula is C19H18F3NO4. The minimum atomic E-state index is -4.42. The zero-order valence-electron chi connectivity index (χ0n) is 14.3. The molecule has 2 N–H and O–H groups in total. The number of nitrogens with one attached hydrogen (secondary N) is 1. The normalized spacial score (nSPS) is 11.1. The molecule has 0 aliphatic heterocycles. The second-order valence-electron chi connectivity index (χ2n) is 5.79. The van der Waals surface area contributed by atoms with E-state index in [0.29, 0.717) is 11.1 Å². The molecule has 8 heteroatoms.